The first-order valence-electron chi connectivity index (χ1n) is 12.0. The van der Waals surface area contributed by atoms with Crippen molar-refractivity contribution in [2.24, 2.45) is 0 Å². The number of nitrogens with one attached hydrogen (secondary N) is 1. The number of halogens is 8. The molecule has 2 heterocycles. The smallest absolute Gasteiger partial charge is 0.389 e. The maximum absolute atomic E-state index is 14.2. The summed E-state index contributed by atoms with van der Waals surface area (Å²) in [6.45, 7) is 6.42. The summed E-state index contributed by atoms with van der Waals surface area (Å²) < 4.78 is 109. The van der Waals surface area contributed by atoms with Crippen LogP contribution in [0.5, 0.6) is 0 Å². The Labute approximate surface area is 232 Å². The standard InChI is InChI=1S/C25H25F8N3O4S/c1-12-6-4-5-9-36(12)21(38)16-17(41-20(35-16)19(37)34-11-22(2,3)39)14-8-7-13(10-15(14)18(26)27)23(40,24(28,29)30)25(31,32)33/h7-8,10,18,39-40H,1,4-6,9,11H2,2-3H3,(H,34,37). The van der Waals surface area contributed by atoms with E-state index in [9.17, 15) is 54.9 Å². The number of amides is 2. The van der Waals surface area contributed by atoms with Crippen LogP contribution < -0.4 is 5.32 Å². The second-order valence-electron chi connectivity index (χ2n) is 9.98. The van der Waals surface area contributed by atoms with E-state index in [0.29, 0.717) is 42.4 Å². The minimum atomic E-state index is -6.32. The lowest BCUT2D eigenvalue weighted by atomic mass is 9.89. The van der Waals surface area contributed by atoms with Crippen molar-refractivity contribution < 1.29 is 54.9 Å². The maximum atomic E-state index is 14.2. The molecule has 0 radical (unpaired) electrons. The molecule has 226 valence electrons. The van der Waals surface area contributed by atoms with Gasteiger partial charge in [0.15, 0.2) is 5.01 Å². The number of allylic oxidation sites excluding steroid dienone is 1. The van der Waals surface area contributed by atoms with Gasteiger partial charge in [-0.15, -0.1) is 11.3 Å². The van der Waals surface area contributed by atoms with Crippen LogP contribution in [0, 0.1) is 0 Å². The van der Waals surface area contributed by atoms with Crippen molar-refractivity contribution in [2.45, 2.75) is 63.1 Å². The number of likely N-dealkylation sites (tertiary alicyclic amines) is 1. The maximum Gasteiger partial charge on any atom is 0.430 e. The van der Waals surface area contributed by atoms with Gasteiger partial charge in [0.25, 0.3) is 23.8 Å². The van der Waals surface area contributed by atoms with Gasteiger partial charge < -0.3 is 20.4 Å². The van der Waals surface area contributed by atoms with Crippen LogP contribution in [-0.2, 0) is 5.60 Å². The van der Waals surface area contributed by atoms with Crippen LogP contribution in [0.2, 0.25) is 0 Å². The highest BCUT2D eigenvalue weighted by Crippen LogP contribution is 2.51. The molecule has 41 heavy (non-hydrogen) atoms. The van der Waals surface area contributed by atoms with Crippen molar-refractivity contribution in [1.29, 1.82) is 0 Å². The summed E-state index contributed by atoms with van der Waals surface area (Å²) >= 11 is 0.399. The number of nitrogens with zero attached hydrogens (tertiary/aromatic N) is 2. The predicted molar refractivity (Wildman–Crippen MR) is 131 cm³/mol. The molecular weight excluding hydrogens is 590 g/mol. The van der Waals surface area contributed by atoms with Gasteiger partial charge in [-0.1, -0.05) is 18.7 Å². The molecule has 1 saturated heterocycles. The van der Waals surface area contributed by atoms with E-state index in [1.165, 1.54) is 18.7 Å². The van der Waals surface area contributed by atoms with E-state index >= 15 is 0 Å². The number of aliphatic hydroxyl groups is 2. The molecule has 1 aromatic heterocycles. The lowest BCUT2D eigenvalue weighted by molar-refractivity contribution is -0.376. The number of piperidine rings is 1. The molecule has 0 unspecified atom stereocenters. The van der Waals surface area contributed by atoms with Crippen molar-refractivity contribution in [3.8, 4) is 10.4 Å². The topological polar surface area (TPSA) is 103 Å². The number of aromatic nitrogens is 1. The molecule has 0 spiro atoms. The molecular formula is C25H25F8N3O4S. The fraction of sp³-hybridized carbons (Fsp3) is 0.480. The van der Waals surface area contributed by atoms with Crippen LogP contribution >= 0.6 is 11.3 Å². The van der Waals surface area contributed by atoms with Gasteiger partial charge >= 0.3 is 12.4 Å². The van der Waals surface area contributed by atoms with E-state index in [-0.39, 0.29) is 25.2 Å². The lowest BCUT2D eigenvalue weighted by Gasteiger charge is -2.33. The number of carbonyl (C=O) groups is 2. The van der Waals surface area contributed by atoms with E-state index in [1.54, 1.807) is 0 Å². The van der Waals surface area contributed by atoms with Gasteiger partial charge in [0.1, 0.15) is 5.69 Å². The van der Waals surface area contributed by atoms with Gasteiger partial charge in [-0.25, -0.2) is 13.8 Å². The second-order valence-corrected chi connectivity index (χ2v) is 11.0. The van der Waals surface area contributed by atoms with Crippen LogP contribution in [-0.4, -0.2) is 63.0 Å². The number of rotatable bonds is 7. The van der Waals surface area contributed by atoms with Crippen molar-refractivity contribution in [1.82, 2.24) is 15.2 Å². The van der Waals surface area contributed by atoms with Gasteiger partial charge in [0.2, 0.25) is 0 Å². The molecule has 2 amide bonds. The van der Waals surface area contributed by atoms with E-state index in [0.717, 1.165) is 0 Å². The Hall–Kier alpha value is -3.11. The molecule has 3 rings (SSSR count). The van der Waals surface area contributed by atoms with Crippen LogP contribution in [0.4, 0.5) is 35.1 Å². The first kappa shape index (κ1) is 32.4. The van der Waals surface area contributed by atoms with Gasteiger partial charge in [-0.05, 0) is 39.2 Å². The van der Waals surface area contributed by atoms with Crippen molar-refractivity contribution in [2.75, 3.05) is 13.1 Å². The number of alkyl halides is 8. The predicted octanol–water partition coefficient (Wildman–Crippen LogP) is 5.70. The van der Waals surface area contributed by atoms with Gasteiger partial charge in [-0.2, -0.15) is 26.3 Å². The zero-order valence-corrected chi connectivity index (χ0v) is 22.4. The highest BCUT2D eigenvalue weighted by molar-refractivity contribution is 7.17. The molecule has 7 nitrogen and oxygen atoms in total. The molecule has 16 heteroatoms. The largest absolute Gasteiger partial charge is 0.430 e. The third-order valence-corrected chi connectivity index (χ3v) is 7.29. The monoisotopic (exact) mass is 615 g/mol. The Balaban J connectivity index is 2.23. The highest BCUT2D eigenvalue weighted by atomic mass is 32.1. The summed E-state index contributed by atoms with van der Waals surface area (Å²) in [4.78, 5) is 30.9. The van der Waals surface area contributed by atoms with Gasteiger partial charge in [0.05, 0.1) is 10.5 Å². The zero-order valence-electron chi connectivity index (χ0n) is 21.6. The molecule has 0 saturated carbocycles. The first-order chi connectivity index (χ1) is 18.7. The number of carbonyl (C=O) groups excluding carboxylic acids is 2. The van der Waals surface area contributed by atoms with E-state index in [1.807, 2.05) is 0 Å². The van der Waals surface area contributed by atoms with E-state index in [4.69, 9.17) is 0 Å². The van der Waals surface area contributed by atoms with Crippen LogP contribution in [0.25, 0.3) is 10.4 Å². The average Bonchev–Trinajstić information content (AvgIpc) is 3.30. The first-order valence-corrected chi connectivity index (χ1v) is 12.8. The fourth-order valence-electron chi connectivity index (χ4n) is 4.05. The molecule has 1 aromatic carbocycles. The highest BCUT2D eigenvalue weighted by Gasteiger charge is 2.71. The normalized spacial score (nSPS) is 15.4. The minimum absolute atomic E-state index is 0.136. The molecule has 0 aliphatic carbocycles. The minimum Gasteiger partial charge on any atom is -0.389 e. The third-order valence-electron chi connectivity index (χ3n) is 6.20. The molecule has 1 fully saturated rings. The third kappa shape index (κ3) is 6.54. The summed E-state index contributed by atoms with van der Waals surface area (Å²) in [5, 5.41) is 21.5. The van der Waals surface area contributed by atoms with Crippen LogP contribution in [0.15, 0.2) is 30.5 Å². The summed E-state index contributed by atoms with van der Waals surface area (Å²) in [7, 11) is 0. The average molecular weight is 616 g/mol. The van der Waals surface area contributed by atoms with Crippen molar-refractivity contribution in [3.63, 3.8) is 0 Å². The van der Waals surface area contributed by atoms with E-state index in [2.05, 4.69) is 16.9 Å². The Kier molecular flexibility index (Phi) is 8.92. The summed E-state index contributed by atoms with van der Waals surface area (Å²) in [6, 6.07) is 0.514. The lowest BCUT2D eigenvalue weighted by Crippen LogP contribution is -2.54. The molecule has 0 bridgehead atoms. The summed E-state index contributed by atoms with van der Waals surface area (Å²) in [5.74, 6) is -1.79. The Morgan fingerprint density at radius 1 is 1.10 bits per heavy atom. The summed E-state index contributed by atoms with van der Waals surface area (Å²) in [5.41, 5.74) is -11.0. The molecule has 1 aliphatic heterocycles. The molecule has 1 aliphatic rings. The van der Waals surface area contributed by atoms with Crippen molar-refractivity contribution in [3.05, 3.63) is 52.3 Å². The molecule has 0 atom stereocenters. The Morgan fingerprint density at radius 3 is 2.22 bits per heavy atom. The quantitative estimate of drug-likeness (QED) is 0.347. The molecule has 3 N–H and O–H groups in total. The van der Waals surface area contributed by atoms with Crippen LogP contribution in [0.1, 0.15) is 71.0 Å². The van der Waals surface area contributed by atoms with Crippen LogP contribution in [0.3, 0.4) is 0 Å². The Morgan fingerprint density at radius 2 is 1.71 bits per heavy atom. The fourth-order valence-corrected chi connectivity index (χ4v) is 5.07. The van der Waals surface area contributed by atoms with Crippen molar-refractivity contribution >= 4 is 23.2 Å². The SMILES string of the molecule is C=C1CCCCN1C(=O)c1nc(C(=O)NCC(C)(C)O)sc1-c1ccc(C(O)(C(F)(F)F)C(F)(F)F)cc1C(F)F. The Bertz CT molecular complexity index is 1320. The number of hydrogen-bond donors (Lipinski definition) is 3. The van der Waals surface area contributed by atoms with Gasteiger partial charge in [-0.3, -0.25) is 9.59 Å². The number of benzene rings is 1. The van der Waals surface area contributed by atoms with E-state index < -0.39 is 74.1 Å². The number of hydrogen-bond acceptors (Lipinski definition) is 6. The summed E-state index contributed by atoms with van der Waals surface area (Å²) in [6.07, 6.45) is -14.6. The zero-order chi connectivity index (χ0) is 31.1. The second kappa shape index (κ2) is 11.3. The number of thiazole rings is 1. The van der Waals surface area contributed by atoms with Gasteiger partial charge in [0, 0.05) is 35.5 Å². The molecule has 2 aromatic rings.